The lowest BCUT2D eigenvalue weighted by Gasteiger charge is -2.30. The topological polar surface area (TPSA) is 49.4 Å². The molecular formula is C23H30N2O2S. The smallest absolute Gasteiger partial charge is 0.251 e. The molecule has 1 N–H and O–H groups in total. The zero-order valence-corrected chi connectivity index (χ0v) is 17.6. The number of piperidine rings is 1. The second-order valence-corrected chi connectivity index (χ2v) is 9.26. The van der Waals surface area contributed by atoms with E-state index in [2.05, 4.69) is 35.3 Å². The molecule has 3 rings (SSSR count). The van der Waals surface area contributed by atoms with E-state index in [0.717, 1.165) is 31.1 Å². The number of nitrogens with one attached hydrogen (secondary N) is 1. The molecule has 5 heteroatoms. The summed E-state index contributed by atoms with van der Waals surface area (Å²) in [6.07, 6.45) is 4.20. The second kappa shape index (κ2) is 9.99. The predicted molar refractivity (Wildman–Crippen MR) is 115 cm³/mol. The quantitative estimate of drug-likeness (QED) is 0.773. The second-order valence-electron chi connectivity index (χ2n) is 7.83. The minimum absolute atomic E-state index is 0.0923. The van der Waals surface area contributed by atoms with E-state index in [1.807, 2.05) is 24.3 Å². The minimum atomic E-state index is -0.917. The van der Waals surface area contributed by atoms with Crippen molar-refractivity contribution in [1.29, 1.82) is 0 Å². The summed E-state index contributed by atoms with van der Waals surface area (Å²) in [5.41, 5.74) is 3.99. The summed E-state index contributed by atoms with van der Waals surface area (Å²) in [4.78, 5) is 15.1. The van der Waals surface area contributed by atoms with Crippen LogP contribution < -0.4 is 5.32 Å². The van der Waals surface area contributed by atoms with Gasteiger partial charge < -0.3 is 5.32 Å². The maximum atomic E-state index is 12.6. The Bertz CT molecular complexity index is 829. The molecule has 0 spiro atoms. The Balaban J connectivity index is 1.61. The third kappa shape index (κ3) is 6.01. The molecule has 0 bridgehead atoms. The Morgan fingerprint density at radius 2 is 1.82 bits per heavy atom. The third-order valence-corrected chi connectivity index (χ3v) is 6.13. The summed E-state index contributed by atoms with van der Waals surface area (Å²) in [7, 11) is -0.917. The van der Waals surface area contributed by atoms with Crippen LogP contribution in [0.5, 0.6) is 0 Å². The fourth-order valence-corrected chi connectivity index (χ4v) is 4.31. The molecule has 1 unspecified atom stereocenters. The number of amides is 1. The summed E-state index contributed by atoms with van der Waals surface area (Å²) in [6.45, 7) is 6.08. The van der Waals surface area contributed by atoms with Crippen molar-refractivity contribution in [2.45, 2.75) is 38.6 Å². The van der Waals surface area contributed by atoms with Crippen molar-refractivity contribution in [2.24, 2.45) is 5.92 Å². The first kappa shape index (κ1) is 20.7. The highest BCUT2D eigenvalue weighted by atomic mass is 32.2. The summed E-state index contributed by atoms with van der Waals surface area (Å²) >= 11 is 0. The van der Waals surface area contributed by atoms with E-state index < -0.39 is 10.8 Å². The molecule has 1 aliphatic rings. The fourth-order valence-electron chi connectivity index (χ4n) is 3.66. The van der Waals surface area contributed by atoms with Crippen LogP contribution >= 0.6 is 0 Å². The molecule has 0 aromatic heterocycles. The van der Waals surface area contributed by atoms with Gasteiger partial charge in [0, 0.05) is 41.5 Å². The van der Waals surface area contributed by atoms with Gasteiger partial charge in [-0.05, 0) is 60.7 Å². The lowest BCUT2D eigenvalue weighted by Crippen LogP contribution is -2.33. The number of likely N-dealkylation sites (tertiary alicyclic amines) is 1. The van der Waals surface area contributed by atoms with Gasteiger partial charge in [-0.2, -0.15) is 0 Å². The number of rotatable bonds is 7. The Hall–Kier alpha value is -1.98. The van der Waals surface area contributed by atoms with Gasteiger partial charge in [0.1, 0.15) is 0 Å². The number of nitrogens with zero attached hydrogens (tertiary/aromatic N) is 1. The van der Waals surface area contributed by atoms with E-state index >= 15 is 0 Å². The van der Waals surface area contributed by atoms with Crippen LogP contribution in [0.1, 0.15) is 46.8 Å². The van der Waals surface area contributed by atoms with Crippen LogP contribution in [0.4, 0.5) is 0 Å². The van der Waals surface area contributed by atoms with E-state index in [0.29, 0.717) is 17.9 Å². The van der Waals surface area contributed by atoms with E-state index in [9.17, 15) is 9.00 Å². The summed E-state index contributed by atoms with van der Waals surface area (Å²) in [5.74, 6) is 1.20. The standard InChI is InChI=1S/C23H30N2O2S/c1-18-10-12-25(13-11-18)16-22-8-4-3-7-21(22)15-24-23(26)20-9-5-6-19(14-20)17-28(2)27/h3-9,14,18H,10-13,15-17H2,1-2H3,(H,24,26). The maximum absolute atomic E-state index is 12.6. The Morgan fingerprint density at radius 3 is 2.54 bits per heavy atom. The maximum Gasteiger partial charge on any atom is 0.251 e. The van der Waals surface area contributed by atoms with E-state index in [1.54, 1.807) is 12.3 Å². The van der Waals surface area contributed by atoms with Crippen molar-refractivity contribution in [2.75, 3.05) is 19.3 Å². The zero-order valence-electron chi connectivity index (χ0n) is 16.8. The van der Waals surface area contributed by atoms with Gasteiger partial charge in [0.25, 0.3) is 5.91 Å². The van der Waals surface area contributed by atoms with Crippen LogP contribution in [0.15, 0.2) is 48.5 Å². The molecule has 0 aliphatic carbocycles. The normalized spacial score (nSPS) is 16.6. The number of benzene rings is 2. The molecule has 1 saturated heterocycles. The SMILES string of the molecule is CC1CCN(Cc2ccccc2CNC(=O)c2cccc(CS(C)=O)c2)CC1. The molecular weight excluding hydrogens is 368 g/mol. The van der Waals surface area contributed by atoms with Crippen molar-refractivity contribution in [1.82, 2.24) is 10.2 Å². The highest BCUT2D eigenvalue weighted by Gasteiger charge is 2.17. The number of hydrogen-bond donors (Lipinski definition) is 1. The molecule has 2 aromatic rings. The van der Waals surface area contributed by atoms with Gasteiger partial charge in [0.05, 0.1) is 0 Å². The van der Waals surface area contributed by atoms with Crippen LogP contribution in [0.2, 0.25) is 0 Å². The summed E-state index contributed by atoms with van der Waals surface area (Å²) < 4.78 is 11.4. The highest BCUT2D eigenvalue weighted by Crippen LogP contribution is 2.20. The molecule has 1 atom stereocenters. The molecule has 150 valence electrons. The Kier molecular flexibility index (Phi) is 7.40. The molecule has 1 heterocycles. The number of carbonyl (C=O) groups excluding carboxylic acids is 1. The predicted octanol–water partition coefficient (Wildman–Crippen LogP) is 3.73. The zero-order chi connectivity index (χ0) is 19.9. The van der Waals surface area contributed by atoms with Crippen LogP contribution in [0, 0.1) is 5.92 Å². The van der Waals surface area contributed by atoms with Gasteiger partial charge in [0.2, 0.25) is 0 Å². The van der Waals surface area contributed by atoms with E-state index in [1.165, 1.54) is 24.0 Å². The Morgan fingerprint density at radius 1 is 1.11 bits per heavy atom. The molecule has 0 radical (unpaired) electrons. The highest BCUT2D eigenvalue weighted by molar-refractivity contribution is 7.83. The van der Waals surface area contributed by atoms with Gasteiger partial charge >= 0.3 is 0 Å². The average Bonchev–Trinajstić information content (AvgIpc) is 2.68. The van der Waals surface area contributed by atoms with Gasteiger partial charge in [-0.25, -0.2) is 0 Å². The molecule has 1 amide bonds. The number of carbonyl (C=O) groups is 1. The van der Waals surface area contributed by atoms with Gasteiger partial charge in [-0.15, -0.1) is 0 Å². The van der Waals surface area contributed by atoms with Crippen LogP contribution in [-0.4, -0.2) is 34.4 Å². The molecule has 0 saturated carbocycles. The van der Waals surface area contributed by atoms with Crippen molar-refractivity contribution in [3.05, 3.63) is 70.8 Å². The summed E-state index contributed by atoms with van der Waals surface area (Å²) in [6, 6.07) is 15.8. The number of hydrogen-bond acceptors (Lipinski definition) is 3. The average molecular weight is 399 g/mol. The monoisotopic (exact) mass is 398 g/mol. The van der Waals surface area contributed by atoms with Gasteiger partial charge in [0.15, 0.2) is 0 Å². The van der Waals surface area contributed by atoms with E-state index in [-0.39, 0.29) is 5.91 Å². The molecule has 28 heavy (non-hydrogen) atoms. The van der Waals surface area contributed by atoms with Crippen molar-refractivity contribution >= 4 is 16.7 Å². The lowest BCUT2D eigenvalue weighted by atomic mass is 9.98. The Labute approximate surface area is 170 Å². The molecule has 2 aromatic carbocycles. The van der Waals surface area contributed by atoms with Crippen LogP contribution in [0.25, 0.3) is 0 Å². The van der Waals surface area contributed by atoms with Gasteiger partial charge in [-0.1, -0.05) is 43.3 Å². The largest absolute Gasteiger partial charge is 0.348 e. The first-order valence-electron chi connectivity index (χ1n) is 9.97. The van der Waals surface area contributed by atoms with Crippen LogP contribution in [0.3, 0.4) is 0 Å². The minimum Gasteiger partial charge on any atom is -0.348 e. The molecule has 1 aliphatic heterocycles. The third-order valence-electron chi connectivity index (χ3n) is 5.39. The van der Waals surface area contributed by atoms with Crippen molar-refractivity contribution in [3.63, 3.8) is 0 Å². The van der Waals surface area contributed by atoms with E-state index in [4.69, 9.17) is 0 Å². The first-order valence-corrected chi connectivity index (χ1v) is 11.7. The molecule has 4 nitrogen and oxygen atoms in total. The first-order chi connectivity index (χ1) is 13.5. The van der Waals surface area contributed by atoms with Gasteiger partial charge in [-0.3, -0.25) is 13.9 Å². The van der Waals surface area contributed by atoms with Crippen molar-refractivity contribution < 1.29 is 9.00 Å². The molecule has 1 fully saturated rings. The lowest BCUT2D eigenvalue weighted by molar-refractivity contribution is 0.0950. The van der Waals surface area contributed by atoms with Crippen LogP contribution in [-0.2, 0) is 29.6 Å². The van der Waals surface area contributed by atoms with Crippen molar-refractivity contribution in [3.8, 4) is 0 Å². The fraction of sp³-hybridized carbons (Fsp3) is 0.435. The summed E-state index contributed by atoms with van der Waals surface area (Å²) in [5, 5.41) is 3.05.